The minimum Gasteiger partial charge on any atom is -0.491 e. The van der Waals surface area contributed by atoms with Crippen molar-refractivity contribution >= 4 is 23.3 Å². The minimum absolute atomic E-state index is 0.452. The van der Waals surface area contributed by atoms with E-state index in [4.69, 9.17) is 17.0 Å². The summed E-state index contributed by atoms with van der Waals surface area (Å²) in [5.74, 6) is 0.915. The number of fused-ring (bicyclic) bond motifs is 1. The van der Waals surface area contributed by atoms with Crippen LogP contribution in [0.3, 0.4) is 0 Å². The lowest BCUT2D eigenvalue weighted by molar-refractivity contribution is 0.101. The Balaban J connectivity index is 1.99. The Bertz CT molecular complexity index is 676. The van der Waals surface area contributed by atoms with Crippen LogP contribution >= 0.6 is 12.2 Å². The number of nitrogens with one attached hydrogen (secondary N) is 1. The third-order valence-electron chi connectivity index (χ3n) is 4.89. The number of ether oxygens (including phenoxy) is 1. The van der Waals surface area contributed by atoms with Crippen LogP contribution in [0.1, 0.15) is 46.0 Å². The molecular formula is C17H24N2OS. The van der Waals surface area contributed by atoms with E-state index in [1.807, 2.05) is 6.07 Å². The number of hydrogen-bond acceptors (Lipinski definition) is 2. The van der Waals surface area contributed by atoms with Gasteiger partial charge in [-0.25, -0.2) is 0 Å². The van der Waals surface area contributed by atoms with E-state index in [1.165, 1.54) is 31.2 Å². The fraction of sp³-hybridized carbons (Fsp3) is 0.588. The highest BCUT2D eigenvalue weighted by molar-refractivity contribution is 7.71. The van der Waals surface area contributed by atoms with Gasteiger partial charge < -0.3 is 14.3 Å². The van der Waals surface area contributed by atoms with Gasteiger partial charge in [-0.05, 0) is 55.4 Å². The highest BCUT2D eigenvalue weighted by Crippen LogP contribution is 2.45. The van der Waals surface area contributed by atoms with Crippen LogP contribution < -0.4 is 4.74 Å². The molecule has 3 rings (SSSR count). The first-order chi connectivity index (χ1) is 10.2. The number of hydrogen-bond donors (Lipinski definition) is 1. The number of imidazole rings is 1. The maximum Gasteiger partial charge on any atom is 0.178 e. The molecule has 114 valence electrons. The molecule has 1 aliphatic carbocycles. The van der Waals surface area contributed by atoms with Gasteiger partial charge in [0.25, 0.3) is 0 Å². The number of nitrogens with zero attached hydrogens (tertiary/aromatic N) is 1. The van der Waals surface area contributed by atoms with Crippen molar-refractivity contribution in [3.63, 3.8) is 0 Å². The molecule has 1 aliphatic rings. The molecule has 1 heterocycles. The van der Waals surface area contributed by atoms with Crippen LogP contribution in [0, 0.1) is 10.2 Å². The van der Waals surface area contributed by atoms with Crippen LogP contribution in [0.5, 0.6) is 5.75 Å². The lowest BCUT2D eigenvalue weighted by Gasteiger charge is -2.41. The van der Waals surface area contributed by atoms with Crippen LogP contribution in [-0.2, 0) is 6.54 Å². The standard InChI is InChI=1S/C17H24N2OS/c1-3-11-20-14-8-5-7-13-15(14)18-16(21)19(13)12-17(4-2)9-6-10-17/h5,7-8H,3-4,6,9-12H2,1-2H3,(H,18,21). The molecule has 21 heavy (non-hydrogen) atoms. The van der Waals surface area contributed by atoms with Crippen LogP contribution in [-0.4, -0.2) is 16.2 Å². The molecule has 1 N–H and O–H groups in total. The van der Waals surface area contributed by atoms with Crippen molar-refractivity contribution in [2.45, 2.75) is 52.5 Å². The van der Waals surface area contributed by atoms with Gasteiger partial charge >= 0.3 is 0 Å². The van der Waals surface area contributed by atoms with E-state index in [0.29, 0.717) is 5.41 Å². The molecule has 4 heteroatoms. The quantitative estimate of drug-likeness (QED) is 0.755. The van der Waals surface area contributed by atoms with Crippen LogP contribution in [0.25, 0.3) is 11.0 Å². The van der Waals surface area contributed by atoms with Gasteiger partial charge in [0.2, 0.25) is 0 Å². The topological polar surface area (TPSA) is 29.9 Å². The zero-order valence-corrected chi connectivity index (χ0v) is 13.8. The summed E-state index contributed by atoms with van der Waals surface area (Å²) in [6.45, 7) is 6.19. The van der Waals surface area contributed by atoms with Crippen molar-refractivity contribution in [2.75, 3.05) is 6.61 Å². The molecule has 0 amide bonds. The smallest absolute Gasteiger partial charge is 0.178 e. The number of H-pyrrole nitrogens is 1. The Labute approximate surface area is 131 Å². The van der Waals surface area contributed by atoms with Gasteiger partial charge in [0, 0.05) is 6.54 Å². The van der Waals surface area contributed by atoms with E-state index >= 15 is 0 Å². The Morgan fingerprint density at radius 3 is 2.76 bits per heavy atom. The molecule has 0 spiro atoms. The SMILES string of the molecule is CCCOc1cccc2c1[nH]c(=S)n2CC1(CC)CCC1. The van der Waals surface area contributed by atoms with E-state index < -0.39 is 0 Å². The molecule has 1 fully saturated rings. The van der Waals surface area contributed by atoms with E-state index in [1.54, 1.807) is 0 Å². The molecule has 1 aromatic carbocycles. The molecule has 0 unspecified atom stereocenters. The van der Waals surface area contributed by atoms with Crippen molar-refractivity contribution < 1.29 is 4.74 Å². The Hall–Kier alpha value is -1.29. The summed E-state index contributed by atoms with van der Waals surface area (Å²) >= 11 is 5.56. The van der Waals surface area contributed by atoms with Crippen molar-refractivity contribution in [1.82, 2.24) is 9.55 Å². The molecule has 1 saturated carbocycles. The second-order valence-corrected chi connectivity index (χ2v) is 6.61. The first-order valence-electron chi connectivity index (χ1n) is 8.03. The lowest BCUT2D eigenvalue weighted by Crippen LogP contribution is -2.33. The average Bonchev–Trinajstić information content (AvgIpc) is 2.77. The van der Waals surface area contributed by atoms with Crippen molar-refractivity contribution in [2.24, 2.45) is 5.41 Å². The van der Waals surface area contributed by atoms with Crippen LogP contribution in [0.4, 0.5) is 0 Å². The molecule has 2 aromatic rings. The predicted octanol–water partition coefficient (Wildman–Crippen LogP) is 5.07. The molecule has 0 atom stereocenters. The number of aromatic amines is 1. The van der Waals surface area contributed by atoms with Gasteiger partial charge in [0.1, 0.15) is 11.3 Å². The minimum atomic E-state index is 0.452. The van der Waals surface area contributed by atoms with Crippen molar-refractivity contribution in [3.05, 3.63) is 23.0 Å². The first-order valence-corrected chi connectivity index (χ1v) is 8.44. The summed E-state index contributed by atoms with van der Waals surface area (Å²) in [5.41, 5.74) is 2.67. The van der Waals surface area contributed by atoms with Crippen molar-refractivity contribution in [1.29, 1.82) is 0 Å². The third-order valence-corrected chi connectivity index (χ3v) is 5.21. The molecule has 3 nitrogen and oxygen atoms in total. The summed E-state index contributed by atoms with van der Waals surface area (Å²) < 4.78 is 8.93. The van der Waals surface area contributed by atoms with Crippen molar-refractivity contribution in [3.8, 4) is 5.75 Å². The predicted molar refractivity (Wildman–Crippen MR) is 89.5 cm³/mol. The van der Waals surface area contributed by atoms with Crippen LogP contribution in [0.2, 0.25) is 0 Å². The summed E-state index contributed by atoms with van der Waals surface area (Å²) in [7, 11) is 0. The normalized spacial score (nSPS) is 16.9. The summed E-state index contributed by atoms with van der Waals surface area (Å²) in [6, 6.07) is 6.22. The van der Waals surface area contributed by atoms with Gasteiger partial charge in [0.05, 0.1) is 12.1 Å². The zero-order chi connectivity index (χ0) is 14.9. The number of benzene rings is 1. The van der Waals surface area contributed by atoms with Crippen LogP contribution in [0.15, 0.2) is 18.2 Å². The van der Waals surface area contributed by atoms with E-state index in [2.05, 4.69) is 35.5 Å². The van der Waals surface area contributed by atoms with Gasteiger partial charge in [0.15, 0.2) is 4.77 Å². The first kappa shape index (κ1) is 14.6. The van der Waals surface area contributed by atoms with Gasteiger partial charge in [-0.15, -0.1) is 0 Å². The summed E-state index contributed by atoms with van der Waals surface area (Å²) in [4.78, 5) is 3.35. The molecular weight excluding hydrogens is 280 g/mol. The number of para-hydroxylation sites is 1. The monoisotopic (exact) mass is 304 g/mol. The zero-order valence-electron chi connectivity index (χ0n) is 12.9. The highest BCUT2D eigenvalue weighted by Gasteiger charge is 2.35. The maximum absolute atomic E-state index is 5.84. The van der Waals surface area contributed by atoms with Gasteiger partial charge in [-0.1, -0.05) is 26.3 Å². The average molecular weight is 304 g/mol. The molecule has 1 aromatic heterocycles. The second kappa shape index (κ2) is 5.84. The van der Waals surface area contributed by atoms with Gasteiger partial charge in [-0.3, -0.25) is 0 Å². The Kier molecular flexibility index (Phi) is 4.07. The molecule has 0 radical (unpaired) electrons. The number of rotatable bonds is 6. The lowest BCUT2D eigenvalue weighted by atomic mass is 9.67. The Morgan fingerprint density at radius 2 is 2.14 bits per heavy atom. The maximum atomic E-state index is 5.84. The van der Waals surface area contributed by atoms with E-state index in [0.717, 1.165) is 35.6 Å². The summed E-state index contributed by atoms with van der Waals surface area (Å²) in [6.07, 6.45) is 6.24. The fourth-order valence-corrected chi connectivity index (χ4v) is 3.54. The summed E-state index contributed by atoms with van der Waals surface area (Å²) in [5, 5.41) is 0. The fourth-order valence-electron chi connectivity index (χ4n) is 3.28. The van der Waals surface area contributed by atoms with E-state index in [9.17, 15) is 0 Å². The Morgan fingerprint density at radius 1 is 1.33 bits per heavy atom. The largest absolute Gasteiger partial charge is 0.491 e. The van der Waals surface area contributed by atoms with Gasteiger partial charge in [-0.2, -0.15) is 0 Å². The third kappa shape index (κ3) is 2.61. The number of aromatic nitrogens is 2. The molecule has 0 aliphatic heterocycles. The molecule has 0 bridgehead atoms. The van der Waals surface area contributed by atoms with E-state index in [-0.39, 0.29) is 0 Å². The highest BCUT2D eigenvalue weighted by atomic mass is 32.1. The molecule has 0 saturated heterocycles. The second-order valence-electron chi connectivity index (χ2n) is 6.22.